The quantitative estimate of drug-likeness (QED) is 0.307. The van der Waals surface area contributed by atoms with E-state index < -0.39 is 5.97 Å². The fourth-order valence-corrected chi connectivity index (χ4v) is 3.78. The zero-order valence-corrected chi connectivity index (χ0v) is 20.9. The molecule has 0 aromatic heterocycles. The molecule has 0 aliphatic carbocycles. The molecule has 3 aromatic carbocycles. The smallest absolute Gasteiger partial charge is 0.344 e. The van der Waals surface area contributed by atoms with Crippen LogP contribution < -0.4 is 14.2 Å². The minimum atomic E-state index is -0.405. The molecule has 0 aliphatic rings. The van der Waals surface area contributed by atoms with Gasteiger partial charge in [0.25, 0.3) is 0 Å². The van der Waals surface area contributed by atoms with Crippen LogP contribution in [0.25, 0.3) is 11.1 Å². The zero-order chi connectivity index (χ0) is 24.4. The van der Waals surface area contributed by atoms with Crippen molar-refractivity contribution in [2.45, 2.75) is 52.4 Å². The highest BCUT2D eigenvalue weighted by Gasteiger charge is 2.30. The maximum absolute atomic E-state index is 13.6. The van der Waals surface area contributed by atoms with Crippen LogP contribution >= 0.6 is 0 Å². The molecule has 0 saturated heterocycles. The van der Waals surface area contributed by atoms with Crippen LogP contribution in [0, 0.1) is 0 Å². The van der Waals surface area contributed by atoms with Gasteiger partial charge in [-0.1, -0.05) is 71.9 Å². The summed E-state index contributed by atoms with van der Waals surface area (Å²) in [6.07, 6.45) is 0. The molecule has 33 heavy (non-hydrogen) atoms. The fraction of sp³-hybridized carbons (Fsp3) is 0.345. The van der Waals surface area contributed by atoms with Gasteiger partial charge >= 0.3 is 5.97 Å². The third-order valence-electron chi connectivity index (χ3n) is 5.64. The molecular weight excluding hydrogens is 412 g/mol. The Morgan fingerprint density at radius 3 is 1.73 bits per heavy atom. The number of esters is 1. The molecule has 0 fully saturated rings. The second-order valence-corrected chi connectivity index (χ2v) is 10.2. The van der Waals surface area contributed by atoms with Gasteiger partial charge in [-0.05, 0) is 52.3 Å². The van der Waals surface area contributed by atoms with Crippen molar-refractivity contribution in [2.24, 2.45) is 0 Å². The van der Waals surface area contributed by atoms with Gasteiger partial charge in [0.15, 0.2) is 0 Å². The second-order valence-electron chi connectivity index (χ2n) is 10.2. The SMILES string of the molecule is COc1ccc(C(=O)Oc2c(C(C)(C)C)cc(OC)cc2C(C)(C)C)c(-c2ccccc2)c1. The molecule has 0 bridgehead atoms. The summed E-state index contributed by atoms with van der Waals surface area (Å²) in [4.78, 5) is 13.6. The molecule has 4 nitrogen and oxygen atoms in total. The summed E-state index contributed by atoms with van der Waals surface area (Å²) in [6.45, 7) is 12.6. The molecule has 3 aromatic rings. The maximum atomic E-state index is 13.6. The van der Waals surface area contributed by atoms with Gasteiger partial charge in [-0.2, -0.15) is 0 Å². The number of carbonyl (C=O) groups is 1. The molecule has 0 spiro atoms. The molecule has 4 heteroatoms. The number of ether oxygens (including phenoxy) is 3. The molecule has 0 saturated carbocycles. The van der Waals surface area contributed by atoms with Crippen LogP contribution in [-0.4, -0.2) is 20.2 Å². The van der Waals surface area contributed by atoms with E-state index in [1.807, 2.05) is 48.5 Å². The highest BCUT2D eigenvalue weighted by atomic mass is 16.5. The number of hydrogen-bond donors (Lipinski definition) is 0. The van der Waals surface area contributed by atoms with Crippen molar-refractivity contribution in [3.8, 4) is 28.4 Å². The Morgan fingerprint density at radius 2 is 1.24 bits per heavy atom. The van der Waals surface area contributed by atoms with E-state index in [2.05, 4.69) is 41.5 Å². The highest BCUT2D eigenvalue weighted by Crippen LogP contribution is 2.43. The lowest BCUT2D eigenvalue weighted by Gasteiger charge is -2.30. The van der Waals surface area contributed by atoms with Crippen LogP contribution in [0.15, 0.2) is 60.7 Å². The summed E-state index contributed by atoms with van der Waals surface area (Å²) in [5.74, 6) is 1.62. The Balaban J connectivity index is 2.18. The minimum Gasteiger partial charge on any atom is -0.497 e. The van der Waals surface area contributed by atoms with Gasteiger partial charge in [0, 0.05) is 11.1 Å². The maximum Gasteiger partial charge on any atom is 0.344 e. The van der Waals surface area contributed by atoms with Crippen molar-refractivity contribution in [3.05, 3.63) is 77.4 Å². The first kappa shape index (κ1) is 24.4. The van der Waals surface area contributed by atoms with Gasteiger partial charge in [0.1, 0.15) is 17.2 Å². The number of carbonyl (C=O) groups excluding carboxylic acids is 1. The van der Waals surface area contributed by atoms with Crippen LogP contribution in [0.5, 0.6) is 17.2 Å². The van der Waals surface area contributed by atoms with E-state index in [1.165, 1.54) is 0 Å². The fourth-order valence-electron chi connectivity index (χ4n) is 3.78. The first-order chi connectivity index (χ1) is 15.5. The first-order valence-corrected chi connectivity index (χ1v) is 11.1. The third-order valence-corrected chi connectivity index (χ3v) is 5.64. The summed E-state index contributed by atoms with van der Waals surface area (Å²) in [5, 5.41) is 0. The Labute approximate surface area is 197 Å². The molecule has 0 atom stereocenters. The summed E-state index contributed by atoms with van der Waals surface area (Å²) in [7, 11) is 3.27. The normalized spacial score (nSPS) is 11.8. The van der Waals surface area contributed by atoms with Gasteiger partial charge in [-0.15, -0.1) is 0 Å². The van der Waals surface area contributed by atoms with E-state index in [-0.39, 0.29) is 10.8 Å². The van der Waals surface area contributed by atoms with Crippen LogP contribution in [-0.2, 0) is 10.8 Å². The lowest BCUT2D eigenvalue weighted by molar-refractivity contribution is 0.0729. The average Bonchev–Trinajstić information content (AvgIpc) is 2.77. The van der Waals surface area contributed by atoms with Gasteiger partial charge in [0.05, 0.1) is 19.8 Å². The number of methoxy groups -OCH3 is 2. The predicted molar refractivity (Wildman–Crippen MR) is 134 cm³/mol. The molecule has 3 rings (SSSR count). The van der Waals surface area contributed by atoms with Crippen molar-refractivity contribution in [1.82, 2.24) is 0 Å². The van der Waals surface area contributed by atoms with Gasteiger partial charge in [0.2, 0.25) is 0 Å². The van der Waals surface area contributed by atoms with Crippen LogP contribution in [0.3, 0.4) is 0 Å². The van der Waals surface area contributed by atoms with Crippen molar-refractivity contribution in [1.29, 1.82) is 0 Å². The highest BCUT2D eigenvalue weighted by molar-refractivity contribution is 5.99. The lowest BCUT2D eigenvalue weighted by atomic mass is 9.79. The number of hydrogen-bond acceptors (Lipinski definition) is 4. The zero-order valence-electron chi connectivity index (χ0n) is 20.9. The molecular formula is C29H34O4. The molecule has 0 unspecified atom stereocenters. The first-order valence-electron chi connectivity index (χ1n) is 11.1. The van der Waals surface area contributed by atoms with Gasteiger partial charge < -0.3 is 14.2 Å². The molecule has 0 N–H and O–H groups in total. The molecule has 174 valence electrons. The average molecular weight is 447 g/mol. The Hall–Kier alpha value is -3.27. The van der Waals surface area contributed by atoms with Crippen molar-refractivity contribution >= 4 is 5.97 Å². The summed E-state index contributed by atoms with van der Waals surface area (Å²) in [6, 6.07) is 19.1. The van der Waals surface area contributed by atoms with E-state index in [9.17, 15) is 4.79 Å². The van der Waals surface area contributed by atoms with Crippen molar-refractivity contribution in [2.75, 3.05) is 14.2 Å². The van der Waals surface area contributed by atoms with Crippen LogP contribution in [0.2, 0.25) is 0 Å². The Kier molecular flexibility index (Phi) is 6.87. The number of rotatable bonds is 5. The monoisotopic (exact) mass is 446 g/mol. The van der Waals surface area contributed by atoms with Crippen molar-refractivity contribution < 1.29 is 19.0 Å². The van der Waals surface area contributed by atoms with Crippen molar-refractivity contribution in [3.63, 3.8) is 0 Å². The third kappa shape index (κ3) is 5.39. The predicted octanol–water partition coefficient (Wildman–Crippen LogP) is 7.19. The van der Waals surface area contributed by atoms with E-state index in [4.69, 9.17) is 14.2 Å². The van der Waals surface area contributed by atoms with E-state index in [0.717, 1.165) is 28.0 Å². The molecule has 0 amide bonds. The summed E-state index contributed by atoms with van der Waals surface area (Å²) >= 11 is 0. The largest absolute Gasteiger partial charge is 0.497 e. The van der Waals surface area contributed by atoms with E-state index in [1.54, 1.807) is 26.4 Å². The van der Waals surface area contributed by atoms with Gasteiger partial charge in [-0.25, -0.2) is 4.79 Å². The lowest BCUT2D eigenvalue weighted by Crippen LogP contribution is -2.22. The topological polar surface area (TPSA) is 44.8 Å². The minimum absolute atomic E-state index is 0.258. The van der Waals surface area contributed by atoms with Crippen LogP contribution in [0.4, 0.5) is 0 Å². The van der Waals surface area contributed by atoms with Crippen LogP contribution in [0.1, 0.15) is 63.0 Å². The Bertz CT molecular complexity index is 1100. The summed E-state index contributed by atoms with van der Waals surface area (Å²) < 4.78 is 17.2. The molecule has 0 radical (unpaired) electrons. The van der Waals surface area contributed by atoms with Gasteiger partial charge in [-0.3, -0.25) is 0 Å². The second kappa shape index (κ2) is 9.30. The molecule has 0 aliphatic heterocycles. The summed E-state index contributed by atoms with van der Waals surface area (Å²) in [5.41, 5.74) is 3.51. The van der Waals surface area contributed by atoms with E-state index >= 15 is 0 Å². The Morgan fingerprint density at radius 1 is 0.697 bits per heavy atom. The molecule has 0 heterocycles. The van der Waals surface area contributed by atoms with E-state index in [0.29, 0.717) is 17.1 Å². The number of benzene rings is 3. The standard InChI is InChI=1S/C29H34O4/c1-28(2,3)24-17-21(32-8)18-25(29(4,5)6)26(24)33-27(30)22-15-14-20(31-7)16-23(22)19-12-10-9-11-13-19/h9-18H,1-8H3.